The smallest absolute Gasteiger partial charge is 0.258 e. The number of nitrogens with zero attached hydrogens (tertiary/aromatic N) is 1. The number of hydrogen-bond donors (Lipinski definition) is 1. The van der Waals surface area contributed by atoms with Gasteiger partial charge in [0.25, 0.3) is 5.56 Å². The Morgan fingerprint density at radius 2 is 2.25 bits per heavy atom. The number of ether oxygens (including phenoxy) is 3. The number of methoxy groups -OCH3 is 1. The monoisotopic (exact) mass is 276 g/mol. The molecule has 3 rings (SSSR count). The van der Waals surface area contributed by atoms with Crippen LogP contribution < -0.4 is 15.0 Å². The van der Waals surface area contributed by atoms with E-state index >= 15 is 0 Å². The van der Waals surface area contributed by atoms with Crippen molar-refractivity contribution in [3.8, 4) is 11.5 Å². The van der Waals surface area contributed by atoms with Gasteiger partial charge in [0.1, 0.15) is 11.9 Å². The normalized spacial score (nSPS) is 18.4. The molecule has 1 fully saturated rings. The van der Waals surface area contributed by atoms with E-state index in [9.17, 15) is 4.79 Å². The molecule has 0 aliphatic carbocycles. The summed E-state index contributed by atoms with van der Waals surface area (Å²) in [6.45, 7) is 3.00. The van der Waals surface area contributed by atoms with Crippen LogP contribution in [0.3, 0.4) is 0 Å². The minimum Gasteiger partial charge on any atom is -0.493 e. The van der Waals surface area contributed by atoms with Crippen LogP contribution in [-0.2, 0) is 4.74 Å². The van der Waals surface area contributed by atoms with E-state index < -0.39 is 0 Å². The molecule has 0 bridgehead atoms. The van der Waals surface area contributed by atoms with E-state index in [2.05, 4.69) is 9.97 Å². The van der Waals surface area contributed by atoms with E-state index in [1.54, 1.807) is 26.2 Å². The Morgan fingerprint density at radius 1 is 1.40 bits per heavy atom. The van der Waals surface area contributed by atoms with Crippen molar-refractivity contribution in [2.24, 2.45) is 0 Å². The highest BCUT2D eigenvalue weighted by atomic mass is 16.6. The van der Waals surface area contributed by atoms with Gasteiger partial charge in [-0.15, -0.1) is 0 Å². The fourth-order valence-corrected chi connectivity index (χ4v) is 2.30. The number of H-pyrrole nitrogens is 1. The number of fused-ring (bicyclic) bond motifs is 1. The Morgan fingerprint density at radius 3 is 2.95 bits per heavy atom. The summed E-state index contributed by atoms with van der Waals surface area (Å²) in [5.41, 5.74) is 0.417. The summed E-state index contributed by atoms with van der Waals surface area (Å²) in [5, 5.41) is 0.491. The van der Waals surface area contributed by atoms with Gasteiger partial charge in [-0.3, -0.25) is 4.79 Å². The van der Waals surface area contributed by atoms with Crippen molar-refractivity contribution in [2.75, 3.05) is 20.3 Å². The van der Waals surface area contributed by atoms with Gasteiger partial charge in [-0.2, -0.15) is 0 Å². The lowest BCUT2D eigenvalue weighted by Gasteiger charge is -2.15. The van der Waals surface area contributed by atoms with Crippen molar-refractivity contribution in [1.29, 1.82) is 0 Å². The summed E-state index contributed by atoms with van der Waals surface area (Å²) in [7, 11) is 1.57. The van der Waals surface area contributed by atoms with E-state index in [-0.39, 0.29) is 11.7 Å². The third-order valence-electron chi connectivity index (χ3n) is 3.29. The zero-order chi connectivity index (χ0) is 14.1. The summed E-state index contributed by atoms with van der Waals surface area (Å²) in [6.07, 6.45) is 0.836. The molecular weight excluding hydrogens is 260 g/mol. The van der Waals surface area contributed by atoms with Gasteiger partial charge in [-0.05, 0) is 13.0 Å². The average molecular weight is 276 g/mol. The summed E-state index contributed by atoms with van der Waals surface area (Å²) >= 11 is 0. The summed E-state index contributed by atoms with van der Waals surface area (Å²) < 4.78 is 16.5. The molecule has 2 aromatic rings. The highest BCUT2D eigenvalue weighted by Crippen LogP contribution is 2.32. The van der Waals surface area contributed by atoms with Crippen LogP contribution in [0.4, 0.5) is 0 Å². The second-order valence-corrected chi connectivity index (χ2v) is 4.78. The quantitative estimate of drug-likeness (QED) is 0.917. The van der Waals surface area contributed by atoms with E-state index in [0.29, 0.717) is 41.4 Å². The van der Waals surface area contributed by atoms with Crippen molar-refractivity contribution in [1.82, 2.24) is 9.97 Å². The number of hydrogen-bond acceptors (Lipinski definition) is 5. The number of aromatic amines is 1. The molecule has 0 spiro atoms. The van der Waals surface area contributed by atoms with Crippen molar-refractivity contribution >= 4 is 10.9 Å². The standard InChI is InChI=1S/C14H16N2O4/c1-8-15-11-6-12(18-2)13(5-10(11)14(17)16-8)20-9-3-4-19-7-9/h5-6,9H,3-4,7H2,1-2H3,(H,15,16,17). The molecule has 1 saturated heterocycles. The highest BCUT2D eigenvalue weighted by molar-refractivity contribution is 5.81. The van der Waals surface area contributed by atoms with Gasteiger partial charge < -0.3 is 19.2 Å². The Hall–Kier alpha value is -2.08. The van der Waals surface area contributed by atoms with E-state index in [1.165, 1.54) is 0 Å². The fraction of sp³-hybridized carbons (Fsp3) is 0.429. The van der Waals surface area contributed by atoms with Crippen LogP contribution in [0, 0.1) is 6.92 Å². The predicted molar refractivity (Wildman–Crippen MR) is 73.5 cm³/mol. The molecule has 0 amide bonds. The topological polar surface area (TPSA) is 73.4 Å². The largest absolute Gasteiger partial charge is 0.493 e. The van der Waals surface area contributed by atoms with Crippen molar-refractivity contribution < 1.29 is 14.2 Å². The maximum absolute atomic E-state index is 12.0. The predicted octanol–water partition coefficient (Wildman–Crippen LogP) is 1.41. The zero-order valence-corrected chi connectivity index (χ0v) is 11.4. The van der Waals surface area contributed by atoms with E-state index in [4.69, 9.17) is 14.2 Å². The van der Waals surface area contributed by atoms with Gasteiger partial charge in [-0.25, -0.2) is 4.98 Å². The second-order valence-electron chi connectivity index (χ2n) is 4.78. The lowest BCUT2D eigenvalue weighted by atomic mass is 10.2. The minimum atomic E-state index is -0.178. The fourth-order valence-electron chi connectivity index (χ4n) is 2.30. The molecule has 2 heterocycles. The van der Waals surface area contributed by atoms with Crippen molar-refractivity contribution in [2.45, 2.75) is 19.4 Å². The van der Waals surface area contributed by atoms with Crippen LogP contribution in [0.5, 0.6) is 11.5 Å². The van der Waals surface area contributed by atoms with Gasteiger partial charge in [-0.1, -0.05) is 0 Å². The number of aromatic nitrogens is 2. The molecule has 6 nitrogen and oxygen atoms in total. The molecule has 1 aliphatic rings. The first kappa shape index (κ1) is 12.9. The number of rotatable bonds is 3. The minimum absolute atomic E-state index is 0.00107. The summed E-state index contributed by atoms with van der Waals surface area (Å²) in [5.74, 6) is 1.69. The van der Waals surface area contributed by atoms with Crippen LogP contribution in [0.15, 0.2) is 16.9 Å². The molecule has 1 aromatic carbocycles. The molecule has 0 radical (unpaired) electrons. The Kier molecular flexibility index (Phi) is 3.31. The Balaban J connectivity index is 2.08. The van der Waals surface area contributed by atoms with Gasteiger partial charge >= 0.3 is 0 Å². The third kappa shape index (κ3) is 2.34. The molecule has 1 unspecified atom stereocenters. The molecule has 20 heavy (non-hydrogen) atoms. The Labute approximate surface area is 115 Å². The molecule has 6 heteroatoms. The zero-order valence-electron chi connectivity index (χ0n) is 11.4. The highest BCUT2D eigenvalue weighted by Gasteiger charge is 2.20. The van der Waals surface area contributed by atoms with Crippen LogP contribution in [-0.4, -0.2) is 36.4 Å². The van der Waals surface area contributed by atoms with Gasteiger partial charge in [0, 0.05) is 12.5 Å². The SMILES string of the molecule is COc1cc2nc(C)[nH]c(=O)c2cc1OC1CCOC1. The van der Waals surface area contributed by atoms with Crippen molar-refractivity contribution in [3.63, 3.8) is 0 Å². The number of nitrogens with one attached hydrogen (secondary N) is 1. The molecular formula is C14H16N2O4. The van der Waals surface area contributed by atoms with Crippen LogP contribution >= 0.6 is 0 Å². The van der Waals surface area contributed by atoms with Crippen LogP contribution in [0.1, 0.15) is 12.2 Å². The van der Waals surface area contributed by atoms with E-state index in [1.807, 2.05) is 0 Å². The molecule has 1 N–H and O–H groups in total. The molecule has 1 aromatic heterocycles. The Bertz CT molecular complexity index is 689. The van der Waals surface area contributed by atoms with Gasteiger partial charge in [0.05, 0.1) is 31.2 Å². The summed E-state index contributed by atoms with van der Waals surface area (Å²) in [6, 6.07) is 3.40. The molecule has 106 valence electrons. The van der Waals surface area contributed by atoms with Crippen LogP contribution in [0.2, 0.25) is 0 Å². The second kappa shape index (κ2) is 5.13. The maximum Gasteiger partial charge on any atom is 0.258 e. The van der Waals surface area contributed by atoms with E-state index in [0.717, 1.165) is 6.42 Å². The first-order chi connectivity index (χ1) is 9.67. The lowest BCUT2D eigenvalue weighted by molar-refractivity contribution is 0.139. The molecule has 1 aliphatic heterocycles. The molecule has 0 saturated carbocycles. The first-order valence-electron chi connectivity index (χ1n) is 6.50. The number of benzene rings is 1. The molecule has 1 atom stereocenters. The van der Waals surface area contributed by atoms with Crippen molar-refractivity contribution in [3.05, 3.63) is 28.3 Å². The third-order valence-corrected chi connectivity index (χ3v) is 3.29. The van der Waals surface area contributed by atoms with Crippen LogP contribution in [0.25, 0.3) is 10.9 Å². The lowest BCUT2D eigenvalue weighted by Crippen LogP contribution is -2.17. The van der Waals surface area contributed by atoms with Gasteiger partial charge in [0.2, 0.25) is 0 Å². The average Bonchev–Trinajstić information content (AvgIpc) is 2.91. The summed E-state index contributed by atoms with van der Waals surface area (Å²) in [4.78, 5) is 19.0. The number of aryl methyl sites for hydroxylation is 1. The first-order valence-corrected chi connectivity index (χ1v) is 6.50. The maximum atomic E-state index is 12.0. The van der Waals surface area contributed by atoms with Gasteiger partial charge in [0.15, 0.2) is 11.5 Å².